The Morgan fingerprint density at radius 1 is 0.310 bits per heavy atom. The molecule has 2 aromatic heterocycles. The first-order chi connectivity index (χ1) is 28.7. The molecule has 0 saturated heterocycles. The Morgan fingerprint density at radius 3 is 1.47 bits per heavy atom. The molecule has 0 aliphatic rings. The molecule has 272 valence electrons. The second-order valence-electron chi connectivity index (χ2n) is 14.7. The second kappa shape index (κ2) is 13.9. The van der Waals surface area contributed by atoms with Crippen molar-refractivity contribution in [2.45, 2.75) is 0 Å². The molecular weight excluding hydrogens is 723 g/mol. The van der Waals surface area contributed by atoms with Crippen LogP contribution in [0.1, 0.15) is 0 Å². The Balaban J connectivity index is 1.08. The summed E-state index contributed by atoms with van der Waals surface area (Å²) < 4.78 is 6.33. The van der Waals surface area contributed by atoms with E-state index < -0.39 is 8.07 Å². The van der Waals surface area contributed by atoms with Crippen LogP contribution in [0.25, 0.3) is 77.6 Å². The van der Waals surface area contributed by atoms with E-state index in [9.17, 15) is 0 Å². The highest BCUT2D eigenvalue weighted by molar-refractivity contribution is 7.19. The zero-order valence-corrected chi connectivity index (χ0v) is 32.5. The van der Waals surface area contributed by atoms with Crippen LogP contribution in [0.15, 0.2) is 217 Å². The van der Waals surface area contributed by atoms with E-state index in [-0.39, 0.29) is 0 Å². The number of fused-ring (bicyclic) bond motifs is 6. The minimum absolute atomic E-state index is 0.628. The summed E-state index contributed by atoms with van der Waals surface area (Å²) in [5, 5.41) is 12.0. The highest BCUT2D eigenvalue weighted by Gasteiger charge is 2.41. The molecule has 11 aromatic rings. The van der Waals surface area contributed by atoms with E-state index in [0.29, 0.717) is 17.5 Å². The van der Waals surface area contributed by atoms with Crippen molar-refractivity contribution >= 4 is 72.3 Å². The minimum Gasteiger partial charge on any atom is -0.456 e. The van der Waals surface area contributed by atoms with E-state index in [2.05, 4.69) is 182 Å². The Bertz CT molecular complexity index is 3160. The Kier molecular flexibility index (Phi) is 8.12. The number of benzene rings is 9. The fourth-order valence-corrected chi connectivity index (χ4v) is 13.5. The molecule has 0 N–H and O–H groups in total. The number of rotatable bonds is 7. The summed E-state index contributed by atoms with van der Waals surface area (Å²) in [4.78, 5) is 15.5. The van der Waals surface area contributed by atoms with Gasteiger partial charge >= 0.3 is 0 Å². The van der Waals surface area contributed by atoms with E-state index in [1.165, 1.54) is 20.7 Å². The highest BCUT2D eigenvalue weighted by Crippen LogP contribution is 2.37. The molecule has 11 rings (SSSR count). The summed E-state index contributed by atoms with van der Waals surface area (Å²) >= 11 is 0. The molecule has 0 saturated carbocycles. The lowest BCUT2D eigenvalue weighted by atomic mass is 9.96. The molecule has 4 nitrogen and oxygen atoms in total. The van der Waals surface area contributed by atoms with Crippen LogP contribution < -0.4 is 20.7 Å². The van der Waals surface area contributed by atoms with E-state index in [4.69, 9.17) is 19.4 Å². The zero-order valence-electron chi connectivity index (χ0n) is 31.5. The molecule has 0 atom stereocenters. The lowest BCUT2D eigenvalue weighted by molar-refractivity contribution is 0.669. The molecule has 0 aliphatic heterocycles. The van der Waals surface area contributed by atoms with Gasteiger partial charge in [-0.1, -0.05) is 194 Å². The van der Waals surface area contributed by atoms with Crippen LogP contribution in [0.3, 0.4) is 0 Å². The molecule has 58 heavy (non-hydrogen) atoms. The Labute approximate surface area is 336 Å². The first kappa shape index (κ1) is 33.8. The average Bonchev–Trinajstić information content (AvgIpc) is 3.67. The summed E-state index contributed by atoms with van der Waals surface area (Å²) in [5.41, 5.74) is 4.59. The molecule has 0 spiro atoms. The van der Waals surface area contributed by atoms with Gasteiger partial charge in [-0.3, -0.25) is 0 Å². The van der Waals surface area contributed by atoms with E-state index in [1.807, 2.05) is 30.3 Å². The maximum Gasteiger partial charge on any atom is 0.179 e. The molecule has 2 heterocycles. The van der Waals surface area contributed by atoms with Crippen LogP contribution >= 0.6 is 0 Å². The predicted molar refractivity (Wildman–Crippen MR) is 242 cm³/mol. The monoisotopic (exact) mass is 757 g/mol. The Hall–Kier alpha value is -7.47. The van der Waals surface area contributed by atoms with Crippen molar-refractivity contribution in [3.63, 3.8) is 0 Å². The van der Waals surface area contributed by atoms with Gasteiger partial charge in [0.05, 0.1) is 0 Å². The summed E-state index contributed by atoms with van der Waals surface area (Å²) in [6.07, 6.45) is 0. The number of hydrogen-bond acceptors (Lipinski definition) is 4. The number of furan rings is 1. The third kappa shape index (κ3) is 5.55. The van der Waals surface area contributed by atoms with Gasteiger partial charge in [-0.25, -0.2) is 15.0 Å². The Morgan fingerprint density at radius 2 is 0.828 bits per heavy atom. The fraction of sp³-hybridized carbons (Fsp3) is 0. The van der Waals surface area contributed by atoms with Crippen molar-refractivity contribution in [3.8, 4) is 34.2 Å². The smallest absolute Gasteiger partial charge is 0.179 e. The van der Waals surface area contributed by atoms with Crippen molar-refractivity contribution in [2.24, 2.45) is 0 Å². The van der Waals surface area contributed by atoms with Gasteiger partial charge in [0.25, 0.3) is 0 Å². The average molecular weight is 758 g/mol. The lowest BCUT2D eigenvalue weighted by Gasteiger charge is -2.34. The first-order valence-corrected chi connectivity index (χ1v) is 21.6. The first-order valence-electron chi connectivity index (χ1n) is 19.6. The molecule has 0 fully saturated rings. The van der Waals surface area contributed by atoms with Crippen molar-refractivity contribution in [1.82, 2.24) is 15.0 Å². The molecule has 0 aliphatic carbocycles. The van der Waals surface area contributed by atoms with Gasteiger partial charge in [0.2, 0.25) is 0 Å². The fourth-order valence-electron chi connectivity index (χ4n) is 8.78. The van der Waals surface area contributed by atoms with E-state index in [1.54, 1.807) is 0 Å². The second-order valence-corrected chi connectivity index (χ2v) is 18.5. The normalized spacial score (nSPS) is 11.8. The SMILES string of the molecule is c1ccc(-c2nc(-c3ccc([Si](c4ccccc4)(c4ccccc4)c4ccccc4)cc3)nc(-c3cccc4c3ccc3cc5c(cc34)oc3ccccc35)n2)cc1. The van der Waals surface area contributed by atoms with Gasteiger partial charge in [-0.15, -0.1) is 0 Å². The summed E-state index contributed by atoms with van der Waals surface area (Å²) in [6, 6.07) is 75.6. The van der Waals surface area contributed by atoms with Crippen molar-refractivity contribution in [1.29, 1.82) is 0 Å². The standard InChI is InChI=1S/C53H35N3OSi/c1-5-16-36(17-6-1)51-54-52(37-28-31-42(32-29-37)58(39-18-7-2-8-19-39,40-20-9-3-10-21-40)41-22-11-4-12-23-41)56-53(55-51)46-26-15-25-43-44(46)33-30-38-34-48-45-24-13-14-27-49(45)57-50(48)35-47(38)43/h1-35H. The van der Waals surface area contributed by atoms with Gasteiger partial charge in [0, 0.05) is 27.5 Å². The maximum atomic E-state index is 6.33. The van der Waals surface area contributed by atoms with Crippen LogP contribution in [0.5, 0.6) is 0 Å². The van der Waals surface area contributed by atoms with Gasteiger partial charge in [-0.2, -0.15) is 0 Å². The van der Waals surface area contributed by atoms with Crippen LogP contribution in [-0.2, 0) is 0 Å². The molecule has 0 bridgehead atoms. The van der Waals surface area contributed by atoms with Gasteiger partial charge < -0.3 is 4.42 Å². The lowest BCUT2D eigenvalue weighted by Crippen LogP contribution is -2.74. The van der Waals surface area contributed by atoms with Gasteiger partial charge in [-0.05, 0) is 60.5 Å². The molecule has 5 heteroatoms. The molecule has 9 aromatic carbocycles. The van der Waals surface area contributed by atoms with Crippen LogP contribution in [0.4, 0.5) is 0 Å². The van der Waals surface area contributed by atoms with E-state index in [0.717, 1.165) is 60.2 Å². The quantitative estimate of drug-likeness (QED) is 0.0923. The summed E-state index contributed by atoms with van der Waals surface area (Å²) in [7, 11) is -2.69. The van der Waals surface area contributed by atoms with Gasteiger partial charge in [0.15, 0.2) is 25.5 Å². The topological polar surface area (TPSA) is 51.8 Å². The molecule has 0 radical (unpaired) electrons. The number of nitrogens with zero attached hydrogens (tertiary/aromatic N) is 3. The zero-order chi connectivity index (χ0) is 38.5. The number of hydrogen-bond donors (Lipinski definition) is 0. The van der Waals surface area contributed by atoms with E-state index >= 15 is 0 Å². The van der Waals surface area contributed by atoms with Crippen LogP contribution in [-0.4, -0.2) is 23.0 Å². The van der Waals surface area contributed by atoms with Crippen molar-refractivity contribution in [3.05, 3.63) is 212 Å². The summed E-state index contributed by atoms with van der Waals surface area (Å²) in [5.74, 6) is 1.89. The third-order valence-corrected chi connectivity index (χ3v) is 16.3. The van der Waals surface area contributed by atoms with Crippen molar-refractivity contribution < 1.29 is 4.42 Å². The number of aromatic nitrogens is 3. The number of para-hydroxylation sites is 1. The molecular formula is C53H35N3OSi. The van der Waals surface area contributed by atoms with Crippen LogP contribution in [0, 0.1) is 0 Å². The minimum atomic E-state index is -2.69. The highest BCUT2D eigenvalue weighted by atomic mass is 28.3. The third-order valence-electron chi connectivity index (χ3n) is 11.5. The van der Waals surface area contributed by atoms with Gasteiger partial charge in [0.1, 0.15) is 11.2 Å². The predicted octanol–water partition coefficient (Wildman–Crippen LogP) is 10.5. The van der Waals surface area contributed by atoms with Crippen LogP contribution in [0.2, 0.25) is 0 Å². The maximum absolute atomic E-state index is 6.33. The summed E-state index contributed by atoms with van der Waals surface area (Å²) in [6.45, 7) is 0. The molecule has 0 unspecified atom stereocenters. The van der Waals surface area contributed by atoms with Crippen molar-refractivity contribution in [2.75, 3.05) is 0 Å². The molecule has 0 amide bonds. The largest absolute Gasteiger partial charge is 0.456 e.